The van der Waals surface area contributed by atoms with Crippen LogP contribution in [0.1, 0.15) is 25.6 Å². The zero-order valence-corrected chi connectivity index (χ0v) is 8.99. The van der Waals surface area contributed by atoms with Crippen LogP contribution in [0, 0.1) is 5.92 Å². The van der Waals surface area contributed by atoms with Crippen LogP contribution in [0.25, 0.3) is 0 Å². The zero-order valence-electron chi connectivity index (χ0n) is 8.99. The molecule has 1 aromatic rings. The van der Waals surface area contributed by atoms with Gasteiger partial charge in [-0.1, -0.05) is 13.3 Å². The van der Waals surface area contributed by atoms with E-state index in [1.54, 1.807) is 12.4 Å². The lowest BCUT2D eigenvalue weighted by Gasteiger charge is -2.11. The van der Waals surface area contributed by atoms with Crippen molar-refractivity contribution >= 4 is 5.91 Å². The molecule has 0 fully saturated rings. The number of rotatable bonds is 6. The quantitative estimate of drug-likeness (QED) is 0.635. The Bertz CT molecular complexity index is 280. The van der Waals surface area contributed by atoms with Gasteiger partial charge in [0.05, 0.1) is 6.54 Å². The van der Waals surface area contributed by atoms with E-state index in [2.05, 4.69) is 15.3 Å². The molecule has 0 aliphatic carbocycles. The molecule has 15 heavy (non-hydrogen) atoms. The van der Waals surface area contributed by atoms with Crippen LogP contribution in [-0.4, -0.2) is 22.4 Å². The molecule has 0 bridgehead atoms. The normalized spacial score (nSPS) is 12.4. The van der Waals surface area contributed by atoms with Crippen LogP contribution < -0.4 is 11.1 Å². The Morgan fingerprint density at radius 2 is 2.53 bits per heavy atom. The Morgan fingerprint density at radius 1 is 1.73 bits per heavy atom. The summed E-state index contributed by atoms with van der Waals surface area (Å²) < 4.78 is 0. The van der Waals surface area contributed by atoms with Crippen LogP contribution in [0.15, 0.2) is 12.4 Å². The third-order valence-electron chi connectivity index (χ3n) is 2.39. The second kappa shape index (κ2) is 6.19. The summed E-state index contributed by atoms with van der Waals surface area (Å²) in [7, 11) is 0. The van der Waals surface area contributed by atoms with E-state index in [-0.39, 0.29) is 11.8 Å². The Hall–Kier alpha value is -1.36. The van der Waals surface area contributed by atoms with Crippen LogP contribution in [0.2, 0.25) is 0 Å². The van der Waals surface area contributed by atoms with E-state index in [1.807, 2.05) is 6.92 Å². The van der Waals surface area contributed by atoms with Gasteiger partial charge in [-0.3, -0.25) is 4.79 Å². The van der Waals surface area contributed by atoms with Crippen LogP contribution in [-0.2, 0) is 11.3 Å². The van der Waals surface area contributed by atoms with E-state index in [0.717, 1.165) is 12.2 Å². The third kappa shape index (κ3) is 4.12. The van der Waals surface area contributed by atoms with Gasteiger partial charge in [0.2, 0.25) is 5.91 Å². The Kier molecular flexibility index (Phi) is 4.83. The number of nitrogens with two attached hydrogens (primary N) is 1. The average molecular weight is 210 g/mol. The van der Waals surface area contributed by atoms with Crippen molar-refractivity contribution in [2.24, 2.45) is 11.7 Å². The van der Waals surface area contributed by atoms with E-state index in [4.69, 9.17) is 5.73 Å². The second-order valence-corrected chi connectivity index (χ2v) is 3.53. The monoisotopic (exact) mass is 210 g/mol. The first kappa shape index (κ1) is 11.7. The fraction of sp³-hybridized carbons (Fsp3) is 0.600. The van der Waals surface area contributed by atoms with Gasteiger partial charge in [0.25, 0.3) is 0 Å². The number of nitrogens with zero attached hydrogens (tertiary/aromatic N) is 1. The molecule has 0 aliphatic heterocycles. The molecule has 0 aliphatic rings. The Balaban J connectivity index is 2.24. The lowest BCUT2D eigenvalue weighted by atomic mass is 10.0. The van der Waals surface area contributed by atoms with Gasteiger partial charge < -0.3 is 16.0 Å². The summed E-state index contributed by atoms with van der Waals surface area (Å²) in [6.07, 6.45) is 4.82. The van der Waals surface area contributed by atoms with Crippen molar-refractivity contribution in [2.45, 2.75) is 26.3 Å². The van der Waals surface area contributed by atoms with Gasteiger partial charge in [-0.2, -0.15) is 0 Å². The minimum atomic E-state index is 0.0312. The highest BCUT2D eigenvalue weighted by atomic mass is 16.1. The number of imidazole rings is 1. The van der Waals surface area contributed by atoms with Crippen molar-refractivity contribution < 1.29 is 4.79 Å². The molecule has 5 heteroatoms. The number of H-pyrrole nitrogens is 1. The largest absolute Gasteiger partial charge is 0.349 e. The highest BCUT2D eigenvalue weighted by molar-refractivity contribution is 5.76. The van der Waals surface area contributed by atoms with Gasteiger partial charge >= 0.3 is 0 Å². The number of hydrogen-bond donors (Lipinski definition) is 3. The molecule has 5 nitrogen and oxygen atoms in total. The van der Waals surface area contributed by atoms with Crippen molar-refractivity contribution in [1.29, 1.82) is 0 Å². The lowest BCUT2D eigenvalue weighted by molar-refractivity contribution is -0.122. The van der Waals surface area contributed by atoms with Gasteiger partial charge in [-0.25, -0.2) is 4.98 Å². The molecule has 0 saturated carbocycles. The molecular formula is C10H18N4O. The van der Waals surface area contributed by atoms with E-state index < -0.39 is 0 Å². The maximum Gasteiger partial charge on any atom is 0.220 e. The predicted octanol–water partition coefficient (Wildman–Crippen LogP) is 0.401. The number of hydrogen-bond acceptors (Lipinski definition) is 3. The minimum absolute atomic E-state index is 0.0312. The Morgan fingerprint density at radius 3 is 3.07 bits per heavy atom. The molecule has 1 heterocycles. The fourth-order valence-corrected chi connectivity index (χ4v) is 1.31. The van der Waals surface area contributed by atoms with Crippen molar-refractivity contribution in [1.82, 2.24) is 15.3 Å². The van der Waals surface area contributed by atoms with Crippen molar-refractivity contribution in [3.8, 4) is 0 Å². The average Bonchev–Trinajstić information content (AvgIpc) is 2.75. The molecule has 0 radical (unpaired) electrons. The van der Waals surface area contributed by atoms with E-state index in [1.165, 1.54) is 0 Å². The highest BCUT2D eigenvalue weighted by Crippen LogP contribution is 2.05. The van der Waals surface area contributed by atoms with Crippen molar-refractivity contribution in [3.05, 3.63) is 18.2 Å². The van der Waals surface area contributed by atoms with Crippen LogP contribution in [0.5, 0.6) is 0 Å². The van der Waals surface area contributed by atoms with Crippen LogP contribution in [0.3, 0.4) is 0 Å². The number of amides is 1. The molecule has 0 saturated heterocycles. The summed E-state index contributed by atoms with van der Waals surface area (Å²) in [5.74, 6) is 1.08. The molecule has 1 rings (SSSR count). The molecular weight excluding hydrogens is 192 g/mol. The maximum atomic E-state index is 11.5. The smallest absolute Gasteiger partial charge is 0.220 e. The van der Waals surface area contributed by atoms with Gasteiger partial charge in [-0.15, -0.1) is 0 Å². The summed E-state index contributed by atoms with van der Waals surface area (Å²) >= 11 is 0. The molecule has 1 amide bonds. The predicted molar refractivity (Wildman–Crippen MR) is 57.9 cm³/mol. The van der Waals surface area contributed by atoms with Gasteiger partial charge in [0.15, 0.2) is 0 Å². The van der Waals surface area contributed by atoms with E-state index in [9.17, 15) is 4.79 Å². The SMILES string of the molecule is CCC(CN)CC(=O)NCc1ncc[nH]1. The van der Waals surface area contributed by atoms with Gasteiger partial charge in [0, 0.05) is 18.8 Å². The minimum Gasteiger partial charge on any atom is -0.349 e. The van der Waals surface area contributed by atoms with Crippen LogP contribution >= 0.6 is 0 Å². The fourth-order valence-electron chi connectivity index (χ4n) is 1.31. The lowest BCUT2D eigenvalue weighted by Crippen LogP contribution is -2.27. The summed E-state index contributed by atoms with van der Waals surface area (Å²) in [5.41, 5.74) is 5.52. The highest BCUT2D eigenvalue weighted by Gasteiger charge is 2.10. The Labute approximate surface area is 89.5 Å². The number of carbonyl (C=O) groups excluding carboxylic acids is 1. The zero-order chi connectivity index (χ0) is 11.1. The number of nitrogens with one attached hydrogen (secondary N) is 2. The van der Waals surface area contributed by atoms with Crippen molar-refractivity contribution in [2.75, 3.05) is 6.54 Å². The molecule has 84 valence electrons. The first-order valence-electron chi connectivity index (χ1n) is 5.21. The molecule has 1 unspecified atom stereocenters. The standard InChI is InChI=1S/C10H18N4O/c1-2-8(6-11)5-10(15)14-7-9-12-3-4-13-9/h3-4,8H,2,5-7,11H2,1H3,(H,12,13)(H,14,15). The summed E-state index contributed by atoms with van der Waals surface area (Å²) in [5, 5.41) is 2.80. The summed E-state index contributed by atoms with van der Waals surface area (Å²) in [6, 6.07) is 0. The van der Waals surface area contributed by atoms with Gasteiger partial charge in [-0.05, 0) is 12.5 Å². The summed E-state index contributed by atoms with van der Waals surface area (Å²) in [4.78, 5) is 18.4. The van der Waals surface area contributed by atoms with E-state index >= 15 is 0 Å². The molecule has 0 spiro atoms. The van der Waals surface area contributed by atoms with Crippen LogP contribution in [0.4, 0.5) is 0 Å². The van der Waals surface area contributed by atoms with Crippen molar-refractivity contribution in [3.63, 3.8) is 0 Å². The molecule has 0 aromatic carbocycles. The first-order valence-corrected chi connectivity index (χ1v) is 5.21. The van der Waals surface area contributed by atoms with E-state index in [0.29, 0.717) is 19.5 Å². The second-order valence-electron chi connectivity index (χ2n) is 3.53. The number of carbonyl (C=O) groups is 1. The molecule has 1 aromatic heterocycles. The first-order chi connectivity index (χ1) is 7.26. The summed E-state index contributed by atoms with van der Waals surface area (Å²) in [6.45, 7) is 3.05. The number of aromatic amines is 1. The third-order valence-corrected chi connectivity index (χ3v) is 2.39. The van der Waals surface area contributed by atoms with Gasteiger partial charge in [0.1, 0.15) is 5.82 Å². The molecule has 1 atom stereocenters. The molecule has 4 N–H and O–H groups in total. The topological polar surface area (TPSA) is 83.8 Å². The number of aromatic nitrogens is 2. The maximum absolute atomic E-state index is 11.5.